The van der Waals surface area contributed by atoms with Crippen molar-refractivity contribution in [2.45, 2.75) is 0 Å². The molecule has 15 heavy (non-hydrogen) atoms. The number of nitrogen functional groups attached to an aromatic ring is 1. The second-order valence-electron chi connectivity index (χ2n) is 3.00. The number of anilines is 1. The van der Waals surface area contributed by atoms with Crippen LogP contribution in [0.2, 0.25) is 0 Å². The van der Waals surface area contributed by atoms with E-state index < -0.39 is 0 Å². The normalized spacial score (nSPS) is 9.47. The molecular weight excluding hydrogens is 194 g/mol. The van der Waals surface area contributed by atoms with Crippen molar-refractivity contribution in [3.8, 4) is 0 Å². The Morgan fingerprint density at radius 1 is 1.00 bits per heavy atom. The van der Waals surface area contributed by atoms with Gasteiger partial charge in [-0.15, -0.1) is 0 Å². The first kappa shape index (κ1) is 11.0. The number of nitrogens with two attached hydrogens (primary N) is 1. The molecule has 0 heterocycles. The van der Waals surface area contributed by atoms with E-state index >= 15 is 0 Å². The molecule has 1 rings (SSSR count). The fraction of sp³-hybridized carbons (Fsp3) is 0.200. The summed E-state index contributed by atoms with van der Waals surface area (Å²) in [5.41, 5.74) is 6.71. The van der Waals surface area contributed by atoms with Gasteiger partial charge in [0, 0.05) is 30.9 Å². The number of carbonyl (C=O) groups is 2. The molecule has 0 saturated heterocycles. The minimum Gasteiger partial charge on any atom is -0.399 e. The number of amides is 2. The lowest BCUT2D eigenvalue weighted by Crippen LogP contribution is -2.21. The number of rotatable bonds is 2. The molecule has 5 heteroatoms. The van der Waals surface area contributed by atoms with Crippen LogP contribution in [0.15, 0.2) is 18.2 Å². The minimum absolute atomic E-state index is 0.271. The van der Waals surface area contributed by atoms with Gasteiger partial charge in [0.15, 0.2) is 0 Å². The summed E-state index contributed by atoms with van der Waals surface area (Å²) in [6, 6.07) is 4.53. The SMILES string of the molecule is CNC(=O)c1cc(N)cc(C(=O)NC)c1. The summed E-state index contributed by atoms with van der Waals surface area (Å²) in [6.45, 7) is 0. The van der Waals surface area contributed by atoms with Crippen LogP contribution in [-0.4, -0.2) is 25.9 Å². The summed E-state index contributed by atoms with van der Waals surface area (Å²) >= 11 is 0. The predicted molar refractivity (Wildman–Crippen MR) is 57.6 cm³/mol. The van der Waals surface area contributed by atoms with E-state index in [0.29, 0.717) is 16.8 Å². The van der Waals surface area contributed by atoms with Crippen LogP contribution >= 0.6 is 0 Å². The van der Waals surface area contributed by atoms with Gasteiger partial charge in [0.1, 0.15) is 0 Å². The molecule has 0 aliphatic rings. The van der Waals surface area contributed by atoms with Gasteiger partial charge in [-0.3, -0.25) is 9.59 Å². The van der Waals surface area contributed by atoms with E-state index in [1.54, 1.807) is 0 Å². The maximum atomic E-state index is 11.3. The Kier molecular flexibility index (Phi) is 3.28. The van der Waals surface area contributed by atoms with Crippen molar-refractivity contribution in [1.82, 2.24) is 10.6 Å². The first-order valence-electron chi connectivity index (χ1n) is 4.43. The van der Waals surface area contributed by atoms with Crippen LogP contribution in [0.3, 0.4) is 0 Å². The molecule has 0 atom stereocenters. The number of carbonyl (C=O) groups excluding carboxylic acids is 2. The molecule has 0 fully saturated rings. The van der Waals surface area contributed by atoms with Gasteiger partial charge < -0.3 is 16.4 Å². The standard InChI is InChI=1S/C10H13N3O2/c1-12-9(14)6-3-7(10(15)13-2)5-8(11)4-6/h3-5H,11H2,1-2H3,(H,12,14)(H,13,15). The molecule has 0 saturated carbocycles. The molecule has 80 valence electrons. The van der Waals surface area contributed by atoms with Crippen LogP contribution in [0.4, 0.5) is 5.69 Å². The summed E-state index contributed by atoms with van der Waals surface area (Å²) in [5, 5.41) is 4.93. The van der Waals surface area contributed by atoms with Gasteiger partial charge in [0.2, 0.25) is 0 Å². The van der Waals surface area contributed by atoms with Crippen molar-refractivity contribution in [1.29, 1.82) is 0 Å². The summed E-state index contributed by atoms with van der Waals surface area (Å²) in [7, 11) is 3.04. The molecule has 2 amide bonds. The Morgan fingerprint density at radius 2 is 1.40 bits per heavy atom. The molecule has 0 aliphatic carbocycles. The minimum atomic E-state index is -0.271. The van der Waals surface area contributed by atoms with Crippen molar-refractivity contribution in [2.24, 2.45) is 0 Å². The van der Waals surface area contributed by atoms with Crippen molar-refractivity contribution in [3.05, 3.63) is 29.3 Å². The van der Waals surface area contributed by atoms with E-state index in [4.69, 9.17) is 5.73 Å². The van der Waals surface area contributed by atoms with Gasteiger partial charge in [-0.1, -0.05) is 0 Å². The van der Waals surface area contributed by atoms with Crippen molar-refractivity contribution >= 4 is 17.5 Å². The van der Waals surface area contributed by atoms with Gasteiger partial charge in [-0.05, 0) is 18.2 Å². The van der Waals surface area contributed by atoms with Crippen LogP contribution in [-0.2, 0) is 0 Å². The van der Waals surface area contributed by atoms with Crippen LogP contribution in [0.25, 0.3) is 0 Å². The van der Waals surface area contributed by atoms with Crippen LogP contribution < -0.4 is 16.4 Å². The molecule has 1 aromatic carbocycles. The molecule has 0 aliphatic heterocycles. The zero-order chi connectivity index (χ0) is 11.4. The number of nitrogens with one attached hydrogen (secondary N) is 2. The Bertz CT molecular complexity index is 367. The highest BCUT2D eigenvalue weighted by atomic mass is 16.2. The molecule has 0 aromatic heterocycles. The van der Waals surface area contributed by atoms with E-state index in [0.717, 1.165) is 0 Å². The van der Waals surface area contributed by atoms with E-state index in [2.05, 4.69) is 10.6 Å². The smallest absolute Gasteiger partial charge is 0.251 e. The molecular formula is C10H13N3O2. The van der Waals surface area contributed by atoms with E-state index in [9.17, 15) is 9.59 Å². The number of hydrogen-bond acceptors (Lipinski definition) is 3. The maximum Gasteiger partial charge on any atom is 0.251 e. The molecule has 0 radical (unpaired) electrons. The zero-order valence-corrected chi connectivity index (χ0v) is 8.63. The van der Waals surface area contributed by atoms with Crippen LogP contribution in [0, 0.1) is 0 Å². The van der Waals surface area contributed by atoms with Gasteiger partial charge in [0.05, 0.1) is 0 Å². The summed E-state index contributed by atoms with van der Waals surface area (Å²) in [5.74, 6) is -0.542. The first-order chi connectivity index (χ1) is 7.08. The third-order valence-electron chi connectivity index (χ3n) is 1.93. The topological polar surface area (TPSA) is 84.2 Å². The fourth-order valence-electron chi connectivity index (χ4n) is 1.20. The first-order valence-corrected chi connectivity index (χ1v) is 4.43. The average molecular weight is 207 g/mol. The highest BCUT2D eigenvalue weighted by molar-refractivity contribution is 6.00. The van der Waals surface area contributed by atoms with E-state index in [1.807, 2.05) is 0 Å². The molecule has 4 N–H and O–H groups in total. The average Bonchev–Trinajstić information content (AvgIpc) is 2.26. The zero-order valence-electron chi connectivity index (χ0n) is 8.63. The van der Waals surface area contributed by atoms with Crippen LogP contribution in [0.1, 0.15) is 20.7 Å². The summed E-state index contributed by atoms with van der Waals surface area (Å²) in [4.78, 5) is 22.7. The molecule has 0 spiro atoms. The largest absolute Gasteiger partial charge is 0.399 e. The van der Waals surface area contributed by atoms with Crippen molar-refractivity contribution < 1.29 is 9.59 Å². The second kappa shape index (κ2) is 4.45. The molecule has 1 aromatic rings. The Balaban J connectivity index is 3.16. The van der Waals surface area contributed by atoms with Gasteiger partial charge in [0.25, 0.3) is 11.8 Å². The van der Waals surface area contributed by atoms with Crippen LogP contribution in [0.5, 0.6) is 0 Å². The molecule has 5 nitrogen and oxygen atoms in total. The number of benzene rings is 1. The summed E-state index contributed by atoms with van der Waals surface area (Å²) in [6.07, 6.45) is 0. The molecule has 0 unspecified atom stereocenters. The number of hydrogen-bond donors (Lipinski definition) is 3. The predicted octanol–water partition coefficient (Wildman–Crippen LogP) is -0.0120. The Hall–Kier alpha value is -2.04. The molecule has 0 bridgehead atoms. The fourth-order valence-corrected chi connectivity index (χ4v) is 1.20. The third kappa shape index (κ3) is 2.46. The van der Waals surface area contributed by atoms with Crippen molar-refractivity contribution in [2.75, 3.05) is 19.8 Å². The van der Waals surface area contributed by atoms with Crippen molar-refractivity contribution in [3.63, 3.8) is 0 Å². The lowest BCUT2D eigenvalue weighted by atomic mass is 10.1. The monoisotopic (exact) mass is 207 g/mol. The highest BCUT2D eigenvalue weighted by Gasteiger charge is 2.09. The Labute approximate surface area is 87.7 Å². The quantitative estimate of drug-likeness (QED) is 0.596. The highest BCUT2D eigenvalue weighted by Crippen LogP contribution is 2.12. The van der Waals surface area contributed by atoms with Gasteiger partial charge >= 0.3 is 0 Å². The van der Waals surface area contributed by atoms with E-state index in [-0.39, 0.29) is 11.8 Å². The van der Waals surface area contributed by atoms with E-state index in [1.165, 1.54) is 32.3 Å². The Morgan fingerprint density at radius 3 is 1.73 bits per heavy atom. The summed E-state index contributed by atoms with van der Waals surface area (Å²) < 4.78 is 0. The van der Waals surface area contributed by atoms with Gasteiger partial charge in [-0.25, -0.2) is 0 Å². The second-order valence-corrected chi connectivity index (χ2v) is 3.00. The lowest BCUT2D eigenvalue weighted by molar-refractivity contribution is 0.0962. The maximum absolute atomic E-state index is 11.3. The lowest BCUT2D eigenvalue weighted by Gasteiger charge is -2.05. The van der Waals surface area contributed by atoms with Gasteiger partial charge in [-0.2, -0.15) is 0 Å². The third-order valence-corrected chi connectivity index (χ3v) is 1.93.